The summed E-state index contributed by atoms with van der Waals surface area (Å²) in [5.41, 5.74) is 0. The third-order valence-corrected chi connectivity index (χ3v) is 1.60. The fraction of sp³-hybridized carbons (Fsp3) is 0.857. The zero-order chi connectivity index (χ0) is 6.69. The molecule has 0 N–H and O–H groups in total. The summed E-state index contributed by atoms with van der Waals surface area (Å²) in [7, 11) is 2.07. The Morgan fingerprint density at radius 1 is 1.78 bits per heavy atom. The molecule has 0 aliphatic carbocycles. The second-order valence-corrected chi connectivity index (χ2v) is 2.65. The van der Waals surface area contributed by atoms with E-state index in [0.29, 0.717) is 6.04 Å². The van der Waals surface area contributed by atoms with Crippen molar-refractivity contribution in [3.05, 3.63) is 0 Å². The van der Waals surface area contributed by atoms with Crippen LogP contribution in [0, 0.1) is 0 Å². The molecular formula is C7H14N2. The van der Waals surface area contributed by atoms with E-state index in [9.17, 15) is 0 Å². The Morgan fingerprint density at radius 3 is 3.00 bits per heavy atom. The van der Waals surface area contributed by atoms with Gasteiger partial charge >= 0.3 is 0 Å². The van der Waals surface area contributed by atoms with Gasteiger partial charge in [0.25, 0.3) is 0 Å². The lowest BCUT2D eigenvalue weighted by atomic mass is 10.2. The first-order valence-electron chi connectivity index (χ1n) is 3.56. The average molecular weight is 126 g/mol. The lowest BCUT2D eigenvalue weighted by Gasteiger charge is -2.07. The van der Waals surface area contributed by atoms with Crippen LogP contribution < -0.4 is 0 Å². The first-order chi connectivity index (χ1) is 4.33. The Kier molecular flexibility index (Phi) is 2.09. The first-order valence-corrected chi connectivity index (χ1v) is 3.56. The Balaban J connectivity index is 2.24. The van der Waals surface area contributed by atoms with E-state index in [1.165, 1.54) is 12.8 Å². The molecule has 1 unspecified atom stereocenters. The molecule has 0 aromatic carbocycles. The predicted octanol–water partition coefficient (Wildman–Crippen LogP) is 1.13. The van der Waals surface area contributed by atoms with Crippen molar-refractivity contribution in [1.29, 1.82) is 0 Å². The molecule has 1 atom stereocenters. The maximum atomic E-state index is 4.31. The van der Waals surface area contributed by atoms with Gasteiger partial charge in [0.1, 0.15) is 0 Å². The van der Waals surface area contributed by atoms with E-state index in [1.54, 1.807) is 0 Å². The van der Waals surface area contributed by atoms with Crippen LogP contribution in [0.2, 0.25) is 0 Å². The normalized spacial score (nSPS) is 25.6. The number of hydrogen-bond donors (Lipinski definition) is 0. The van der Waals surface area contributed by atoms with Crippen LogP contribution in [0.1, 0.15) is 19.8 Å². The molecule has 1 aliphatic heterocycles. The molecule has 2 nitrogen and oxygen atoms in total. The van der Waals surface area contributed by atoms with Gasteiger partial charge in [-0.25, -0.2) is 0 Å². The second-order valence-electron chi connectivity index (χ2n) is 2.65. The van der Waals surface area contributed by atoms with E-state index >= 15 is 0 Å². The van der Waals surface area contributed by atoms with E-state index in [0.717, 1.165) is 6.54 Å². The van der Waals surface area contributed by atoms with Gasteiger partial charge in [-0.15, -0.1) is 0 Å². The summed E-state index contributed by atoms with van der Waals surface area (Å²) in [5, 5.41) is 0. The molecule has 0 amide bonds. The molecule has 52 valence electrons. The molecule has 0 saturated heterocycles. The predicted molar refractivity (Wildman–Crippen MR) is 39.8 cm³/mol. The lowest BCUT2D eigenvalue weighted by molar-refractivity contribution is 0.485. The highest BCUT2D eigenvalue weighted by atomic mass is 15.2. The molecule has 0 bridgehead atoms. The van der Waals surface area contributed by atoms with Crippen molar-refractivity contribution in [1.82, 2.24) is 4.90 Å². The lowest BCUT2D eigenvalue weighted by Crippen LogP contribution is -2.18. The van der Waals surface area contributed by atoms with Gasteiger partial charge in [-0.1, -0.05) is 13.3 Å². The van der Waals surface area contributed by atoms with Gasteiger partial charge in [-0.05, 0) is 6.42 Å². The number of nitrogens with zero attached hydrogens (tertiary/aromatic N) is 2. The molecule has 0 spiro atoms. The molecule has 0 aromatic rings. The first kappa shape index (κ1) is 6.59. The third-order valence-electron chi connectivity index (χ3n) is 1.60. The van der Waals surface area contributed by atoms with Crippen molar-refractivity contribution in [2.75, 3.05) is 13.6 Å². The van der Waals surface area contributed by atoms with Crippen molar-refractivity contribution >= 4 is 6.34 Å². The number of aliphatic imine (C=N–C) groups is 1. The minimum absolute atomic E-state index is 0.583. The van der Waals surface area contributed by atoms with Crippen molar-refractivity contribution in [2.45, 2.75) is 25.8 Å². The highest BCUT2D eigenvalue weighted by Crippen LogP contribution is 2.06. The van der Waals surface area contributed by atoms with Crippen molar-refractivity contribution < 1.29 is 0 Å². The largest absolute Gasteiger partial charge is 0.364 e. The molecule has 0 saturated carbocycles. The van der Waals surface area contributed by atoms with Gasteiger partial charge in [0.05, 0.1) is 12.4 Å². The van der Waals surface area contributed by atoms with Gasteiger partial charge in [0.2, 0.25) is 0 Å². The Morgan fingerprint density at radius 2 is 2.56 bits per heavy atom. The second kappa shape index (κ2) is 2.85. The summed E-state index contributed by atoms with van der Waals surface area (Å²) in [5.74, 6) is 0. The van der Waals surface area contributed by atoms with E-state index in [1.807, 2.05) is 6.34 Å². The van der Waals surface area contributed by atoms with Gasteiger partial charge in [0, 0.05) is 13.6 Å². The van der Waals surface area contributed by atoms with Gasteiger partial charge in [0.15, 0.2) is 0 Å². The number of hydrogen-bond acceptors (Lipinski definition) is 2. The summed E-state index contributed by atoms with van der Waals surface area (Å²) in [4.78, 5) is 6.45. The topological polar surface area (TPSA) is 15.6 Å². The van der Waals surface area contributed by atoms with Crippen LogP contribution in [-0.2, 0) is 0 Å². The van der Waals surface area contributed by atoms with Crippen LogP contribution in [0.4, 0.5) is 0 Å². The summed E-state index contributed by atoms with van der Waals surface area (Å²) in [6.45, 7) is 3.32. The van der Waals surface area contributed by atoms with Crippen molar-refractivity contribution in [2.24, 2.45) is 4.99 Å². The van der Waals surface area contributed by atoms with Gasteiger partial charge < -0.3 is 4.90 Å². The SMILES string of the molecule is CCCC1CN(C)C=N1. The molecule has 1 heterocycles. The van der Waals surface area contributed by atoms with E-state index < -0.39 is 0 Å². The minimum atomic E-state index is 0.583. The standard InChI is InChI=1S/C7H14N2/c1-3-4-7-5-9(2)6-8-7/h6-7H,3-5H2,1-2H3. The van der Waals surface area contributed by atoms with Gasteiger partial charge in [-0.2, -0.15) is 0 Å². The molecule has 2 heteroatoms. The zero-order valence-corrected chi connectivity index (χ0v) is 6.17. The monoisotopic (exact) mass is 126 g/mol. The van der Waals surface area contributed by atoms with E-state index in [2.05, 4.69) is 23.9 Å². The number of rotatable bonds is 2. The summed E-state index contributed by atoms with van der Waals surface area (Å²) < 4.78 is 0. The van der Waals surface area contributed by atoms with Crippen LogP contribution in [0.5, 0.6) is 0 Å². The molecular weight excluding hydrogens is 112 g/mol. The Labute approximate surface area is 56.6 Å². The Hall–Kier alpha value is -0.530. The van der Waals surface area contributed by atoms with E-state index in [-0.39, 0.29) is 0 Å². The molecule has 0 radical (unpaired) electrons. The van der Waals surface area contributed by atoms with Crippen LogP contribution in [0.3, 0.4) is 0 Å². The molecule has 0 fully saturated rings. The molecule has 1 rings (SSSR count). The highest BCUT2D eigenvalue weighted by Gasteiger charge is 2.11. The number of likely N-dealkylation sites (N-methyl/N-ethyl adjacent to an activating group) is 1. The van der Waals surface area contributed by atoms with Crippen molar-refractivity contribution in [3.8, 4) is 0 Å². The fourth-order valence-electron chi connectivity index (χ4n) is 1.13. The van der Waals surface area contributed by atoms with E-state index in [4.69, 9.17) is 0 Å². The minimum Gasteiger partial charge on any atom is -0.364 e. The summed E-state index contributed by atoms with van der Waals surface area (Å²) >= 11 is 0. The van der Waals surface area contributed by atoms with Crippen molar-refractivity contribution in [3.63, 3.8) is 0 Å². The smallest absolute Gasteiger partial charge is 0.0852 e. The summed E-state index contributed by atoms with van der Waals surface area (Å²) in [6.07, 6.45) is 4.41. The molecule has 1 aliphatic rings. The average Bonchev–Trinajstić information content (AvgIpc) is 2.17. The van der Waals surface area contributed by atoms with Crippen LogP contribution in [-0.4, -0.2) is 30.9 Å². The molecule has 0 aromatic heterocycles. The fourth-order valence-corrected chi connectivity index (χ4v) is 1.13. The third kappa shape index (κ3) is 1.70. The van der Waals surface area contributed by atoms with Gasteiger partial charge in [-0.3, -0.25) is 4.99 Å². The van der Waals surface area contributed by atoms with Crippen LogP contribution in [0.25, 0.3) is 0 Å². The summed E-state index contributed by atoms with van der Waals surface area (Å²) in [6, 6.07) is 0.583. The maximum Gasteiger partial charge on any atom is 0.0852 e. The quantitative estimate of drug-likeness (QED) is 0.541. The Bertz CT molecular complexity index is 109. The molecule has 9 heavy (non-hydrogen) atoms. The van der Waals surface area contributed by atoms with Crippen LogP contribution in [0.15, 0.2) is 4.99 Å². The zero-order valence-electron chi connectivity index (χ0n) is 6.17. The highest BCUT2D eigenvalue weighted by molar-refractivity contribution is 5.57. The van der Waals surface area contributed by atoms with Crippen LogP contribution >= 0.6 is 0 Å². The maximum absolute atomic E-state index is 4.31.